The molecule has 0 atom stereocenters. The van der Waals surface area contributed by atoms with E-state index in [1.807, 2.05) is 6.07 Å². The maximum atomic E-state index is 10.9. The highest BCUT2D eigenvalue weighted by Gasteiger charge is 2.09. The van der Waals surface area contributed by atoms with Gasteiger partial charge < -0.3 is 5.73 Å². The Morgan fingerprint density at radius 2 is 2.06 bits per heavy atom. The van der Waals surface area contributed by atoms with Crippen LogP contribution < -0.4 is 5.73 Å². The second-order valence-electron chi connectivity index (χ2n) is 3.46. The summed E-state index contributed by atoms with van der Waals surface area (Å²) in [6.07, 6.45) is 0. The van der Waals surface area contributed by atoms with E-state index in [0.29, 0.717) is 11.3 Å². The summed E-state index contributed by atoms with van der Waals surface area (Å²) in [6, 6.07) is 8.55. The molecule has 0 aliphatic rings. The van der Waals surface area contributed by atoms with Crippen LogP contribution in [-0.4, -0.2) is 20.9 Å². The fraction of sp³-hybridized carbons (Fsp3) is 0.0909. The molecular formula is C11H9N5O. The van der Waals surface area contributed by atoms with Gasteiger partial charge in [0.2, 0.25) is 5.91 Å². The lowest BCUT2D eigenvalue weighted by atomic mass is 10.2. The van der Waals surface area contributed by atoms with Crippen LogP contribution in [0.2, 0.25) is 0 Å². The zero-order chi connectivity index (χ0) is 12.4. The van der Waals surface area contributed by atoms with Gasteiger partial charge in [0.25, 0.3) is 0 Å². The monoisotopic (exact) mass is 227 g/mol. The Labute approximate surface area is 97.3 Å². The Bertz CT molecular complexity index is 606. The fourth-order valence-corrected chi connectivity index (χ4v) is 1.44. The first-order valence-corrected chi connectivity index (χ1v) is 4.86. The summed E-state index contributed by atoms with van der Waals surface area (Å²) >= 11 is 0. The Balaban J connectivity index is 2.44. The number of carbonyl (C=O) groups is 1. The van der Waals surface area contributed by atoms with Crippen LogP contribution in [0.3, 0.4) is 0 Å². The van der Waals surface area contributed by atoms with Crippen molar-refractivity contribution in [2.75, 3.05) is 0 Å². The average Bonchev–Trinajstić information content (AvgIpc) is 2.70. The largest absolute Gasteiger partial charge is 0.366 e. The summed E-state index contributed by atoms with van der Waals surface area (Å²) in [5.74, 6) is -0.482. The Morgan fingerprint density at radius 1 is 1.41 bits per heavy atom. The van der Waals surface area contributed by atoms with Crippen molar-refractivity contribution in [3.05, 3.63) is 41.2 Å². The third kappa shape index (κ3) is 1.86. The number of hydrogen-bond acceptors (Lipinski definition) is 4. The van der Waals surface area contributed by atoms with Crippen molar-refractivity contribution in [1.29, 1.82) is 5.26 Å². The van der Waals surface area contributed by atoms with E-state index in [1.54, 1.807) is 31.2 Å². The van der Waals surface area contributed by atoms with Crippen LogP contribution in [0, 0.1) is 18.3 Å². The minimum absolute atomic E-state index is 0.281. The first-order chi connectivity index (χ1) is 8.13. The second-order valence-corrected chi connectivity index (χ2v) is 3.46. The van der Waals surface area contributed by atoms with Gasteiger partial charge in [-0.2, -0.15) is 5.26 Å². The number of benzene rings is 1. The molecule has 1 aromatic carbocycles. The third-order valence-electron chi connectivity index (χ3n) is 2.40. The van der Waals surface area contributed by atoms with Gasteiger partial charge in [-0.1, -0.05) is 5.21 Å². The van der Waals surface area contributed by atoms with Crippen molar-refractivity contribution in [3.63, 3.8) is 0 Å². The summed E-state index contributed by atoms with van der Waals surface area (Å²) in [5, 5.41) is 16.4. The van der Waals surface area contributed by atoms with Crippen molar-refractivity contribution < 1.29 is 4.79 Å². The van der Waals surface area contributed by atoms with Gasteiger partial charge in [0.05, 0.1) is 11.4 Å². The molecule has 0 saturated heterocycles. The van der Waals surface area contributed by atoms with Crippen molar-refractivity contribution >= 4 is 5.91 Å². The zero-order valence-corrected chi connectivity index (χ0v) is 9.08. The van der Waals surface area contributed by atoms with Crippen LogP contribution in [0.1, 0.15) is 21.7 Å². The van der Waals surface area contributed by atoms with Crippen LogP contribution in [-0.2, 0) is 0 Å². The molecule has 0 fully saturated rings. The maximum Gasteiger partial charge on any atom is 0.248 e. The number of amides is 1. The van der Waals surface area contributed by atoms with E-state index in [4.69, 9.17) is 11.0 Å². The van der Waals surface area contributed by atoms with E-state index in [0.717, 1.165) is 5.69 Å². The number of carbonyl (C=O) groups excluding carboxylic acids is 1. The van der Waals surface area contributed by atoms with Crippen molar-refractivity contribution in [1.82, 2.24) is 15.0 Å². The SMILES string of the molecule is Cc1c(C#N)nnn1-c1ccc(C(N)=O)cc1. The second kappa shape index (κ2) is 4.06. The Kier molecular flexibility index (Phi) is 2.58. The van der Waals surface area contributed by atoms with Crippen LogP contribution >= 0.6 is 0 Å². The van der Waals surface area contributed by atoms with E-state index in [1.165, 1.54) is 4.68 Å². The number of aromatic nitrogens is 3. The molecule has 0 unspecified atom stereocenters. The highest BCUT2D eigenvalue weighted by atomic mass is 16.1. The van der Waals surface area contributed by atoms with Gasteiger partial charge in [0, 0.05) is 5.56 Å². The molecule has 17 heavy (non-hydrogen) atoms. The van der Waals surface area contributed by atoms with E-state index in [2.05, 4.69) is 10.3 Å². The van der Waals surface area contributed by atoms with Gasteiger partial charge in [0.1, 0.15) is 6.07 Å². The highest BCUT2D eigenvalue weighted by molar-refractivity contribution is 5.92. The molecule has 0 radical (unpaired) electrons. The molecule has 0 aliphatic heterocycles. The molecule has 0 bridgehead atoms. The molecule has 84 valence electrons. The molecule has 6 nitrogen and oxygen atoms in total. The topological polar surface area (TPSA) is 97.6 Å². The summed E-state index contributed by atoms with van der Waals surface area (Å²) in [7, 11) is 0. The van der Waals surface area contributed by atoms with Crippen molar-refractivity contribution in [3.8, 4) is 11.8 Å². The van der Waals surface area contributed by atoms with Gasteiger partial charge in [-0.05, 0) is 31.2 Å². The van der Waals surface area contributed by atoms with Crippen LogP contribution in [0.4, 0.5) is 0 Å². The molecule has 6 heteroatoms. The highest BCUT2D eigenvalue weighted by Crippen LogP contribution is 2.12. The first kappa shape index (κ1) is 10.8. The number of nitriles is 1. The van der Waals surface area contributed by atoms with Gasteiger partial charge in [-0.15, -0.1) is 5.10 Å². The van der Waals surface area contributed by atoms with Gasteiger partial charge in [-0.25, -0.2) is 4.68 Å². The lowest BCUT2D eigenvalue weighted by Crippen LogP contribution is -2.10. The Morgan fingerprint density at radius 3 is 2.53 bits per heavy atom. The predicted molar refractivity (Wildman–Crippen MR) is 59.3 cm³/mol. The molecule has 1 heterocycles. The molecule has 0 aliphatic carbocycles. The standard InChI is InChI=1S/C11H9N5O/c1-7-10(6-12)14-15-16(7)9-4-2-8(3-5-9)11(13)17/h2-5H,1H3,(H2,13,17). The third-order valence-corrected chi connectivity index (χ3v) is 2.40. The molecular weight excluding hydrogens is 218 g/mol. The minimum atomic E-state index is -0.482. The van der Waals surface area contributed by atoms with E-state index in [-0.39, 0.29) is 5.69 Å². The molecule has 0 spiro atoms. The molecule has 2 rings (SSSR count). The van der Waals surface area contributed by atoms with Crippen molar-refractivity contribution in [2.24, 2.45) is 5.73 Å². The number of hydrogen-bond donors (Lipinski definition) is 1. The maximum absolute atomic E-state index is 10.9. The fourth-order valence-electron chi connectivity index (χ4n) is 1.44. The molecule has 0 saturated carbocycles. The summed E-state index contributed by atoms with van der Waals surface area (Å²) < 4.78 is 1.53. The van der Waals surface area contributed by atoms with Crippen LogP contribution in [0.25, 0.3) is 5.69 Å². The summed E-state index contributed by atoms with van der Waals surface area (Å²) in [5.41, 5.74) is 7.22. The summed E-state index contributed by atoms with van der Waals surface area (Å²) in [4.78, 5) is 10.9. The Hall–Kier alpha value is -2.68. The molecule has 1 aromatic heterocycles. The minimum Gasteiger partial charge on any atom is -0.366 e. The smallest absolute Gasteiger partial charge is 0.248 e. The number of primary amides is 1. The lowest BCUT2D eigenvalue weighted by Gasteiger charge is -2.03. The van der Waals surface area contributed by atoms with Crippen molar-refractivity contribution in [2.45, 2.75) is 6.92 Å². The number of nitrogens with two attached hydrogens (primary N) is 1. The average molecular weight is 227 g/mol. The van der Waals surface area contributed by atoms with E-state index in [9.17, 15) is 4.79 Å². The van der Waals surface area contributed by atoms with Crippen LogP contribution in [0.15, 0.2) is 24.3 Å². The quantitative estimate of drug-likeness (QED) is 0.809. The van der Waals surface area contributed by atoms with E-state index < -0.39 is 5.91 Å². The number of rotatable bonds is 2. The van der Waals surface area contributed by atoms with Gasteiger partial charge >= 0.3 is 0 Å². The van der Waals surface area contributed by atoms with E-state index >= 15 is 0 Å². The first-order valence-electron chi connectivity index (χ1n) is 4.86. The predicted octanol–water partition coefficient (Wildman–Crippen LogP) is 0.546. The zero-order valence-electron chi connectivity index (χ0n) is 9.08. The van der Waals surface area contributed by atoms with Gasteiger partial charge in [-0.3, -0.25) is 4.79 Å². The van der Waals surface area contributed by atoms with Crippen LogP contribution in [0.5, 0.6) is 0 Å². The summed E-state index contributed by atoms with van der Waals surface area (Å²) in [6.45, 7) is 1.75. The lowest BCUT2D eigenvalue weighted by molar-refractivity contribution is 0.100. The molecule has 1 amide bonds. The number of nitrogens with zero attached hydrogens (tertiary/aromatic N) is 4. The van der Waals surface area contributed by atoms with Gasteiger partial charge in [0.15, 0.2) is 5.69 Å². The molecule has 2 N–H and O–H groups in total. The normalized spacial score (nSPS) is 9.88. The molecule has 2 aromatic rings.